The van der Waals surface area contributed by atoms with Gasteiger partial charge in [0, 0.05) is 19.6 Å². The number of ether oxygens (including phenoxy) is 1. The number of halogens is 2. The topological polar surface area (TPSA) is 58.6 Å². The van der Waals surface area contributed by atoms with Crippen LogP contribution >= 0.6 is 24.0 Å². The number of methoxy groups -OCH3 is 1. The summed E-state index contributed by atoms with van der Waals surface area (Å²) < 4.78 is 31.9. The second-order valence-electron chi connectivity index (χ2n) is 4.92. The summed E-state index contributed by atoms with van der Waals surface area (Å²) in [5.41, 5.74) is 0.629. The molecule has 1 fully saturated rings. The minimum Gasteiger partial charge on any atom is -0.495 e. The third-order valence-corrected chi connectivity index (χ3v) is 6.00. The Labute approximate surface area is 137 Å². The highest BCUT2D eigenvalue weighted by Crippen LogP contribution is 2.32. The summed E-state index contributed by atoms with van der Waals surface area (Å²) in [6, 6.07) is 3.10. The molecular formula is C13H20Cl2N2O3S. The van der Waals surface area contributed by atoms with Gasteiger partial charge in [-0.3, -0.25) is 0 Å². The van der Waals surface area contributed by atoms with Crippen LogP contribution in [0, 0.1) is 6.92 Å². The van der Waals surface area contributed by atoms with Crippen molar-refractivity contribution >= 4 is 34.0 Å². The summed E-state index contributed by atoms with van der Waals surface area (Å²) in [4.78, 5) is 0.234. The van der Waals surface area contributed by atoms with Crippen molar-refractivity contribution in [1.82, 2.24) is 9.62 Å². The first-order valence-corrected chi connectivity index (χ1v) is 8.22. The van der Waals surface area contributed by atoms with Crippen molar-refractivity contribution in [3.63, 3.8) is 0 Å². The molecule has 21 heavy (non-hydrogen) atoms. The molecule has 1 aromatic rings. The van der Waals surface area contributed by atoms with Crippen molar-refractivity contribution in [2.45, 2.75) is 24.3 Å². The molecule has 8 heteroatoms. The highest BCUT2D eigenvalue weighted by Gasteiger charge is 2.31. The van der Waals surface area contributed by atoms with E-state index in [0.717, 1.165) is 13.0 Å². The van der Waals surface area contributed by atoms with Crippen molar-refractivity contribution in [2.24, 2.45) is 0 Å². The second kappa shape index (κ2) is 7.15. The van der Waals surface area contributed by atoms with E-state index in [1.807, 2.05) is 0 Å². The molecule has 2 rings (SSSR count). The Hall–Kier alpha value is -0.530. The van der Waals surface area contributed by atoms with E-state index >= 15 is 0 Å². The van der Waals surface area contributed by atoms with Crippen molar-refractivity contribution in [2.75, 3.05) is 27.2 Å². The molecule has 0 radical (unpaired) electrons. The minimum atomic E-state index is -3.55. The van der Waals surface area contributed by atoms with Crippen LogP contribution in [0.2, 0.25) is 5.02 Å². The van der Waals surface area contributed by atoms with Crippen LogP contribution in [0.25, 0.3) is 0 Å². The summed E-state index contributed by atoms with van der Waals surface area (Å²) in [7, 11) is -0.426. The zero-order valence-electron chi connectivity index (χ0n) is 12.2. The molecule has 1 aliphatic rings. The molecule has 5 nitrogen and oxygen atoms in total. The maximum Gasteiger partial charge on any atom is 0.243 e. The van der Waals surface area contributed by atoms with E-state index in [1.54, 1.807) is 20.0 Å². The molecule has 0 aromatic heterocycles. The Morgan fingerprint density at radius 3 is 2.62 bits per heavy atom. The molecular weight excluding hydrogens is 335 g/mol. The van der Waals surface area contributed by atoms with Gasteiger partial charge >= 0.3 is 0 Å². The number of nitrogens with zero attached hydrogens (tertiary/aromatic N) is 1. The van der Waals surface area contributed by atoms with Crippen LogP contribution in [0.3, 0.4) is 0 Å². The van der Waals surface area contributed by atoms with Crippen LogP contribution < -0.4 is 10.1 Å². The van der Waals surface area contributed by atoms with Crippen LogP contribution in [0.1, 0.15) is 12.0 Å². The summed E-state index contributed by atoms with van der Waals surface area (Å²) in [6.45, 7) is 3.26. The molecule has 0 amide bonds. The molecule has 1 aromatic carbocycles. The molecule has 1 aliphatic heterocycles. The summed E-state index contributed by atoms with van der Waals surface area (Å²) in [6.07, 6.45) is 0.818. The van der Waals surface area contributed by atoms with Gasteiger partial charge in [0.15, 0.2) is 0 Å². The molecule has 0 aliphatic carbocycles. The lowest BCUT2D eigenvalue weighted by Crippen LogP contribution is -2.38. The molecule has 0 saturated carbocycles. The van der Waals surface area contributed by atoms with E-state index in [9.17, 15) is 8.42 Å². The first-order valence-electron chi connectivity index (χ1n) is 6.41. The largest absolute Gasteiger partial charge is 0.495 e. The number of hydrogen-bond donors (Lipinski definition) is 1. The number of aryl methyl sites for hydroxylation is 1. The Morgan fingerprint density at radius 1 is 1.43 bits per heavy atom. The zero-order valence-corrected chi connectivity index (χ0v) is 14.6. The van der Waals surface area contributed by atoms with Crippen LogP contribution in [-0.4, -0.2) is 46.0 Å². The van der Waals surface area contributed by atoms with E-state index in [1.165, 1.54) is 17.5 Å². The predicted octanol–water partition coefficient (Wildman–Crippen LogP) is 2.06. The number of nitrogens with one attached hydrogen (secondary N) is 1. The molecule has 0 spiro atoms. The van der Waals surface area contributed by atoms with Crippen molar-refractivity contribution in [3.05, 3.63) is 22.7 Å². The Bertz CT molecular complexity index is 602. The van der Waals surface area contributed by atoms with E-state index in [4.69, 9.17) is 16.3 Å². The number of hydrogen-bond acceptors (Lipinski definition) is 4. The maximum atomic E-state index is 12.7. The van der Waals surface area contributed by atoms with Crippen LogP contribution in [-0.2, 0) is 10.0 Å². The summed E-state index contributed by atoms with van der Waals surface area (Å²) in [5.74, 6) is 0.480. The first-order chi connectivity index (χ1) is 9.37. The average molecular weight is 355 g/mol. The van der Waals surface area contributed by atoms with E-state index in [0.29, 0.717) is 22.9 Å². The SMILES string of the molecule is COc1cc(C)c(S(=O)(=O)N(C)C2CCNC2)cc1Cl.Cl. The number of likely N-dealkylation sites (N-methyl/N-ethyl adjacent to an activating group) is 1. The zero-order chi connectivity index (χ0) is 14.9. The third-order valence-electron chi connectivity index (χ3n) is 3.65. The van der Waals surface area contributed by atoms with Gasteiger partial charge in [-0.2, -0.15) is 4.31 Å². The lowest BCUT2D eigenvalue weighted by atomic mass is 10.2. The van der Waals surface area contributed by atoms with Gasteiger partial charge in [0.2, 0.25) is 10.0 Å². The Balaban J connectivity index is 0.00000220. The van der Waals surface area contributed by atoms with Gasteiger partial charge in [0.05, 0.1) is 17.0 Å². The standard InChI is InChI=1S/C13H19ClN2O3S.ClH/c1-9-6-12(19-3)11(14)7-13(9)20(17,18)16(2)10-4-5-15-8-10;/h6-7,10,15H,4-5,8H2,1-3H3;1H. The number of rotatable bonds is 4. The van der Waals surface area contributed by atoms with Gasteiger partial charge in [0.25, 0.3) is 0 Å². The van der Waals surface area contributed by atoms with Gasteiger partial charge in [-0.15, -0.1) is 12.4 Å². The van der Waals surface area contributed by atoms with E-state index in [-0.39, 0.29) is 23.3 Å². The average Bonchev–Trinajstić information content (AvgIpc) is 2.93. The van der Waals surface area contributed by atoms with E-state index in [2.05, 4.69) is 5.32 Å². The van der Waals surface area contributed by atoms with Crippen molar-refractivity contribution in [3.8, 4) is 5.75 Å². The van der Waals surface area contributed by atoms with Crippen molar-refractivity contribution < 1.29 is 13.2 Å². The fraction of sp³-hybridized carbons (Fsp3) is 0.538. The monoisotopic (exact) mass is 354 g/mol. The third kappa shape index (κ3) is 3.63. The Kier molecular flexibility index (Phi) is 6.31. The highest BCUT2D eigenvalue weighted by atomic mass is 35.5. The molecule has 120 valence electrons. The molecule has 0 bridgehead atoms. The van der Waals surface area contributed by atoms with Gasteiger partial charge in [-0.25, -0.2) is 8.42 Å². The van der Waals surface area contributed by atoms with E-state index < -0.39 is 10.0 Å². The molecule has 1 unspecified atom stereocenters. The maximum absolute atomic E-state index is 12.7. The highest BCUT2D eigenvalue weighted by molar-refractivity contribution is 7.89. The number of benzene rings is 1. The first kappa shape index (κ1) is 18.5. The molecule has 1 heterocycles. The summed E-state index contributed by atoms with van der Waals surface area (Å²) in [5, 5.41) is 3.47. The fourth-order valence-corrected chi connectivity index (χ4v) is 4.29. The minimum absolute atomic E-state index is 0. The molecule has 1 saturated heterocycles. The molecule has 1 N–H and O–H groups in total. The van der Waals surface area contributed by atoms with Crippen LogP contribution in [0.4, 0.5) is 0 Å². The normalized spacial score (nSPS) is 18.6. The van der Waals surface area contributed by atoms with Crippen molar-refractivity contribution in [1.29, 1.82) is 0 Å². The number of sulfonamides is 1. The lowest BCUT2D eigenvalue weighted by Gasteiger charge is -2.24. The summed E-state index contributed by atoms with van der Waals surface area (Å²) >= 11 is 6.05. The van der Waals surface area contributed by atoms with Gasteiger partial charge < -0.3 is 10.1 Å². The fourth-order valence-electron chi connectivity index (χ4n) is 2.37. The quantitative estimate of drug-likeness (QED) is 0.898. The molecule has 1 atom stereocenters. The lowest BCUT2D eigenvalue weighted by molar-refractivity contribution is 0.387. The predicted molar refractivity (Wildman–Crippen MR) is 86.2 cm³/mol. The van der Waals surface area contributed by atoms with Crippen LogP contribution in [0.5, 0.6) is 5.75 Å². The Morgan fingerprint density at radius 2 is 2.10 bits per heavy atom. The van der Waals surface area contributed by atoms with Gasteiger partial charge in [-0.05, 0) is 37.6 Å². The van der Waals surface area contributed by atoms with Crippen LogP contribution in [0.15, 0.2) is 17.0 Å². The smallest absolute Gasteiger partial charge is 0.243 e. The second-order valence-corrected chi connectivity index (χ2v) is 7.29. The van der Waals surface area contributed by atoms with Gasteiger partial charge in [0.1, 0.15) is 5.75 Å². The van der Waals surface area contributed by atoms with Gasteiger partial charge in [-0.1, -0.05) is 11.6 Å².